The third-order valence-electron chi connectivity index (χ3n) is 3.96. The Hall–Kier alpha value is -1.75. The fraction of sp³-hybridized carbons (Fsp3) is 0.533. The molecular weight excluding hydrogens is 250 g/mol. The van der Waals surface area contributed by atoms with Crippen LogP contribution in [-0.2, 0) is 0 Å². The average Bonchev–Trinajstić information content (AvgIpc) is 3.07. The first kappa shape index (κ1) is 13.2. The molecule has 3 rings (SSSR count). The molecular formula is C15H21N5. The Balaban J connectivity index is 2.08. The molecule has 1 saturated heterocycles. The quantitative estimate of drug-likeness (QED) is 0.861. The summed E-state index contributed by atoms with van der Waals surface area (Å²) < 4.78 is 2.02. The molecule has 1 aliphatic rings. The Morgan fingerprint density at radius 2 is 2.00 bits per heavy atom. The molecule has 0 aliphatic carbocycles. The third kappa shape index (κ3) is 2.22. The second-order valence-electron chi connectivity index (χ2n) is 5.68. The van der Waals surface area contributed by atoms with Crippen LogP contribution >= 0.6 is 0 Å². The maximum Gasteiger partial charge on any atom is 0.111 e. The van der Waals surface area contributed by atoms with E-state index in [9.17, 15) is 0 Å². The van der Waals surface area contributed by atoms with E-state index in [1.807, 2.05) is 16.9 Å². The normalized spacial score (nSPS) is 19.9. The Morgan fingerprint density at radius 1 is 1.20 bits per heavy atom. The molecule has 2 aromatic heterocycles. The van der Waals surface area contributed by atoms with Crippen LogP contribution < -0.4 is 0 Å². The molecule has 0 unspecified atom stereocenters. The molecule has 0 aromatic carbocycles. The molecule has 5 heteroatoms. The summed E-state index contributed by atoms with van der Waals surface area (Å²) in [4.78, 5) is 11.6. The first-order valence-electron chi connectivity index (χ1n) is 7.23. The van der Waals surface area contributed by atoms with E-state index in [1.54, 1.807) is 12.4 Å². The first-order chi connectivity index (χ1) is 9.68. The van der Waals surface area contributed by atoms with Gasteiger partial charge in [-0.05, 0) is 46.3 Å². The number of rotatable bonds is 3. The van der Waals surface area contributed by atoms with Crippen LogP contribution in [0.25, 0.3) is 11.4 Å². The average molecular weight is 271 g/mol. The highest BCUT2D eigenvalue weighted by Crippen LogP contribution is 2.34. The summed E-state index contributed by atoms with van der Waals surface area (Å²) in [5, 5.41) is 4.41. The molecule has 0 spiro atoms. The summed E-state index contributed by atoms with van der Waals surface area (Å²) in [5.41, 5.74) is 3.11. The van der Waals surface area contributed by atoms with Crippen molar-refractivity contribution in [3.8, 4) is 11.4 Å². The molecule has 0 radical (unpaired) electrons. The first-order valence-corrected chi connectivity index (χ1v) is 7.23. The van der Waals surface area contributed by atoms with E-state index in [4.69, 9.17) is 0 Å². The van der Waals surface area contributed by atoms with Gasteiger partial charge in [-0.1, -0.05) is 0 Å². The van der Waals surface area contributed by atoms with Crippen LogP contribution in [-0.4, -0.2) is 38.2 Å². The van der Waals surface area contributed by atoms with Crippen molar-refractivity contribution in [3.05, 3.63) is 30.4 Å². The lowest BCUT2D eigenvalue weighted by Crippen LogP contribution is -2.20. The van der Waals surface area contributed by atoms with Crippen molar-refractivity contribution in [2.45, 2.75) is 38.8 Å². The summed E-state index contributed by atoms with van der Waals surface area (Å²) in [6.45, 7) is 5.40. The Kier molecular flexibility index (Phi) is 3.53. The number of aromatic nitrogens is 4. The number of likely N-dealkylation sites (tertiary alicyclic amines) is 1. The predicted octanol–water partition coefficient (Wildman–Crippen LogP) is 2.69. The van der Waals surface area contributed by atoms with Gasteiger partial charge in [-0.25, -0.2) is 0 Å². The van der Waals surface area contributed by atoms with E-state index in [-0.39, 0.29) is 0 Å². The zero-order valence-electron chi connectivity index (χ0n) is 12.3. The monoisotopic (exact) mass is 271 g/mol. The van der Waals surface area contributed by atoms with Gasteiger partial charge >= 0.3 is 0 Å². The topological polar surface area (TPSA) is 46.8 Å². The maximum absolute atomic E-state index is 4.62. The van der Waals surface area contributed by atoms with Crippen molar-refractivity contribution in [2.24, 2.45) is 0 Å². The Morgan fingerprint density at radius 3 is 2.70 bits per heavy atom. The van der Waals surface area contributed by atoms with Gasteiger partial charge in [0.05, 0.1) is 17.4 Å². The van der Waals surface area contributed by atoms with Gasteiger partial charge in [0.1, 0.15) is 5.69 Å². The lowest BCUT2D eigenvalue weighted by molar-refractivity contribution is 0.312. The van der Waals surface area contributed by atoms with E-state index in [2.05, 4.69) is 40.9 Å². The maximum atomic E-state index is 4.62. The number of nitrogens with zero attached hydrogens (tertiary/aromatic N) is 5. The minimum atomic E-state index is 0.316. The second-order valence-corrected chi connectivity index (χ2v) is 5.68. The molecule has 5 nitrogen and oxygen atoms in total. The molecule has 3 heterocycles. The third-order valence-corrected chi connectivity index (χ3v) is 3.96. The van der Waals surface area contributed by atoms with Crippen LogP contribution in [0.3, 0.4) is 0 Å². The molecule has 0 N–H and O–H groups in total. The van der Waals surface area contributed by atoms with E-state index in [0.29, 0.717) is 12.1 Å². The van der Waals surface area contributed by atoms with Gasteiger partial charge in [-0.3, -0.25) is 19.5 Å². The SMILES string of the molecule is CC(C)n1nccc1-c1nccnc1[C@@H]1CCCN1C. The lowest BCUT2D eigenvalue weighted by atomic mass is 10.1. The van der Waals surface area contributed by atoms with E-state index in [0.717, 1.165) is 30.0 Å². The van der Waals surface area contributed by atoms with Crippen LogP contribution in [0.15, 0.2) is 24.7 Å². The highest BCUT2D eigenvalue weighted by molar-refractivity contribution is 5.58. The van der Waals surface area contributed by atoms with Crippen LogP contribution in [0.2, 0.25) is 0 Å². The summed E-state index contributed by atoms with van der Waals surface area (Å²) in [6, 6.07) is 2.72. The van der Waals surface area contributed by atoms with Crippen LogP contribution in [0.4, 0.5) is 0 Å². The minimum absolute atomic E-state index is 0.316. The summed E-state index contributed by atoms with van der Waals surface area (Å²) in [5.74, 6) is 0. The van der Waals surface area contributed by atoms with Gasteiger partial charge < -0.3 is 0 Å². The van der Waals surface area contributed by atoms with E-state index < -0.39 is 0 Å². The van der Waals surface area contributed by atoms with Crippen LogP contribution in [0.5, 0.6) is 0 Å². The molecule has 0 bridgehead atoms. The number of hydrogen-bond donors (Lipinski definition) is 0. The van der Waals surface area contributed by atoms with Crippen LogP contribution in [0.1, 0.15) is 44.5 Å². The fourth-order valence-electron chi connectivity index (χ4n) is 2.96. The molecule has 0 amide bonds. The molecule has 1 fully saturated rings. The van der Waals surface area contributed by atoms with E-state index >= 15 is 0 Å². The van der Waals surface area contributed by atoms with Gasteiger partial charge in [-0.15, -0.1) is 0 Å². The highest BCUT2D eigenvalue weighted by Gasteiger charge is 2.28. The van der Waals surface area contributed by atoms with E-state index in [1.165, 1.54) is 6.42 Å². The zero-order chi connectivity index (χ0) is 14.1. The molecule has 1 atom stereocenters. The van der Waals surface area contributed by atoms with Gasteiger partial charge in [0.2, 0.25) is 0 Å². The predicted molar refractivity (Wildman–Crippen MR) is 78.2 cm³/mol. The van der Waals surface area contributed by atoms with Crippen molar-refractivity contribution in [1.29, 1.82) is 0 Å². The zero-order valence-corrected chi connectivity index (χ0v) is 12.3. The Bertz CT molecular complexity index is 589. The summed E-state index contributed by atoms with van der Waals surface area (Å²) >= 11 is 0. The van der Waals surface area contributed by atoms with Crippen molar-refractivity contribution in [3.63, 3.8) is 0 Å². The standard InChI is InChI=1S/C15H21N5/c1-11(2)20-13(6-7-18-20)15-14(16-8-9-17-15)12-5-4-10-19(12)3/h6-9,11-12H,4-5,10H2,1-3H3/t12-/m0/s1. The van der Waals surface area contributed by atoms with Crippen molar-refractivity contribution in [2.75, 3.05) is 13.6 Å². The van der Waals surface area contributed by atoms with Crippen LogP contribution in [0, 0.1) is 0 Å². The molecule has 20 heavy (non-hydrogen) atoms. The summed E-state index contributed by atoms with van der Waals surface area (Å²) in [6.07, 6.45) is 7.78. The van der Waals surface area contributed by atoms with Crippen molar-refractivity contribution >= 4 is 0 Å². The molecule has 0 saturated carbocycles. The minimum Gasteiger partial charge on any atom is -0.298 e. The lowest BCUT2D eigenvalue weighted by Gasteiger charge is -2.21. The van der Waals surface area contributed by atoms with Crippen molar-refractivity contribution in [1.82, 2.24) is 24.6 Å². The second kappa shape index (κ2) is 5.32. The van der Waals surface area contributed by atoms with Gasteiger partial charge in [-0.2, -0.15) is 5.10 Å². The molecule has 1 aliphatic heterocycles. The summed E-state index contributed by atoms with van der Waals surface area (Å²) in [7, 11) is 2.16. The van der Waals surface area contributed by atoms with Gasteiger partial charge in [0.15, 0.2) is 0 Å². The number of hydrogen-bond acceptors (Lipinski definition) is 4. The smallest absolute Gasteiger partial charge is 0.111 e. The van der Waals surface area contributed by atoms with Gasteiger partial charge in [0, 0.05) is 24.6 Å². The largest absolute Gasteiger partial charge is 0.298 e. The molecule has 2 aromatic rings. The molecule has 106 valence electrons. The fourth-order valence-corrected chi connectivity index (χ4v) is 2.96. The van der Waals surface area contributed by atoms with Gasteiger partial charge in [0.25, 0.3) is 0 Å². The highest BCUT2D eigenvalue weighted by atomic mass is 15.3. The van der Waals surface area contributed by atoms with Crippen molar-refractivity contribution < 1.29 is 0 Å². The Labute approximate surface area is 119 Å².